The molecule has 1 heterocycles. The number of aliphatic carboxylic acids is 1. The average molecular weight is 473 g/mol. The highest BCUT2D eigenvalue weighted by molar-refractivity contribution is 5.84. The van der Waals surface area contributed by atoms with E-state index in [1.165, 1.54) is 0 Å². The second-order valence-electron chi connectivity index (χ2n) is 9.09. The first-order valence-corrected chi connectivity index (χ1v) is 12.1. The van der Waals surface area contributed by atoms with Crippen LogP contribution in [-0.2, 0) is 11.3 Å². The Bertz CT molecular complexity index is 1470. The van der Waals surface area contributed by atoms with Crippen LogP contribution in [0, 0.1) is 6.92 Å². The van der Waals surface area contributed by atoms with Crippen molar-refractivity contribution in [1.82, 2.24) is 9.88 Å². The molecule has 1 atom stereocenters. The fourth-order valence-corrected chi connectivity index (χ4v) is 4.80. The molecular weight excluding hydrogens is 444 g/mol. The first kappa shape index (κ1) is 23.5. The third-order valence-corrected chi connectivity index (χ3v) is 6.39. The van der Waals surface area contributed by atoms with Crippen LogP contribution in [0.5, 0.6) is 0 Å². The van der Waals surface area contributed by atoms with E-state index in [4.69, 9.17) is 4.98 Å². The van der Waals surface area contributed by atoms with Crippen molar-refractivity contribution in [1.29, 1.82) is 0 Å². The van der Waals surface area contributed by atoms with Crippen molar-refractivity contribution in [3.8, 4) is 11.3 Å². The molecule has 4 nitrogen and oxygen atoms in total. The van der Waals surface area contributed by atoms with Crippen molar-refractivity contribution < 1.29 is 9.90 Å². The van der Waals surface area contributed by atoms with Crippen molar-refractivity contribution in [2.45, 2.75) is 19.5 Å². The molecule has 1 N–H and O–H groups in total. The molecule has 1 unspecified atom stereocenters. The third kappa shape index (κ3) is 5.19. The van der Waals surface area contributed by atoms with Gasteiger partial charge in [0.15, 0.2) is 0 Å². The van der Waals surface area contributed by atoms with Gasteiger partial charge >= 0.3 is 5.97 Å². The molecule has 5 aromatic rings. The Kier molecular flexibility index (Phi) is 6.87. The van der Waals surface area contributed by atoms with E-state index in [2.05, 4.69) is 55.5 Å². The second kappa shape index (κ2) is 10.5. The summed E-state index contributed by atoms with van der Waals surface area (Å²) in [6.07, 6.45) is 0. The van der Waals surface area contributed by atoms with Crippen LogP contribution in [0.15, 0.2) is 115 Å². The van der Waals surface area contributed by atoms with E-state index in [0.29, 0.717) is 6.54 Å². The van der Waals surface area contributed by atoms with E-state index in [9.17, 15) is 9.90 Å². The number of carbonyl (C=O) groups is 1. The summed E-state index contributed by atoms with van der Waals surface area (Å²) in [6.45, 7) is 2.46. The molecule has 0 bridgehead atoms. The zero-order valence-electron chi connectivity index (χ0n) is 20.2. The molecule has 4 aromatic carbocycles. The highest BCUT2D eigenvalue weighted by atomic mass is 16.4. The molecule has 0 saturated heterocycles. The van der Waals surface area contributed by atoms with Crippen LogP contribution in [0.25, 0.3) is 22.2 Å². The van der Waals surface area contributed by atoms with E-state index in [1.807, 2.05) is 71.6 Å². The largest absolute Gasteiger partial charge is 0.480 e. The summed E-state index contributed by atoms with van der Waals surface area (Å²) in [5.41, 5.74) is 7.03. The molecule has 5 rings (SSSR count). The number of benzene rings is 4. The molecule has 36 heavy (non-hydrogen) atoms. The van der Waals surface area contributed by atoms with Gasteiger partial charge in [0.05, 0.1) is 23.8 Å². The minimum absolute atomic E-state index is 0.103. The highest BCUT2D eigenvalue weighted by Gasteiger charge is 2.28. The number of nitrogens with zero attached hydrogens (tertiary/aromatic N) is 2. The third-order valence-electron chi connectivity index (χ3n) is 6.39. The SMILES string of the molecule is Cc1ccc2nc(-c3ccccc3)c(C(c3ccccc3)N(CC(=O)O)Cc3ccccc3)cc2c1. The number of carboxylic acids is 1. The van der Waals surface area contributed by atoms with Gasteiger partial charge in [0, 0.05) is 23.1 Å². The zero-order chi connectivity index (χ0) is 24.9. The summed E-state index contributed by atoms with van der Waals surface area (Å²) in [5, 5.41) is 11.0. The van der Waals surface area contributed by atoms with Crippen LogP contribution in [0.3, 0.4) is 0 Å². The predicted molar refractivity (Wildman–Crippen MR) is 145 cm³/mol. The number of carboxylic acid groups (broad SMARTS) is 1. The van der Waals surface area contributed by atoms with Crippen molar-refractivity contribution in [3.63, 3.8) is 0 Å². The van der Waals surface area contributed by atoms with Crippen molar-refractivity contribution >= 4 is 16.9 Å². The number of pyridine rings is 1. The summed E-state index contributed by atoms with van der Waals surface area (Å²) < 4.78 is 0. The molecule has 0 saturated carbocycles. The van der Waals surface area contributed by atoms with Gasteiger partial charge in [-0.25, -0.2) is 4.98 Å². The molecule has 0 aliphatic heterocycles. The maximum Gasteiger partial charge on any atom is 0.317 e. The van der Waals surface area contributed by atoms with Crippen molar-refractivity contribution in [3.05, 3.63) is 138 Å². The van der Waals surface area contributed by atoms with Gasteiger partial charge in [-0.05, 0) is 36.2 Å². The van der Waals surface area contributed by atoms with E-state index in [-0.39, 0.29) is 12.6 Å². The Morgan fingerprint density at radius 3 is 2.14 bits per heavy atom. The van der Waals surface area contributed by atoms with Gasteiger partial charge in [0.1, 0.15) is 0 Å². The van der Waals surface area contributed by atoms with E-state index in [0.717, 1.165) is 44.4 Å². The van der Waals surface area contributed by atoms with Crippen molar-refractivity contribution in [2.75, 3.05) is 6.54 Å². The summed E-state index contributed by atoms with van der Waals surface area (Å²) in [4.78, 5) is 19.3. The lowest BCUT2D eigenvalue weighted by Gasteiger charge is -2.33. The van der Waals surface area contributed by atoms with Gasteiger partial charge in [-0.3, -0.25) is 9.69 Å². The fraction of sp³-hybridized carbons (Fsp3) is 0.125. The normalized spacial score (nSPS) is 12.1. The standard InChI is InChI=1S/C32H28N2O2/c1-23-17-18-29-27(19-23)20-28(31(33-29)25-13-7-3-8-14-25)32(26-15-9-4-10-16-26)34(22-30(35)36)21-24-11-5-2-6-12-24/h2-20,32H,21-22H2,1H3,(H,35,36). The Morgan fingerprint density at radius 2 is 1.47 bits per heavy atom. The molecule has 0 spiro atoms. The topological polar surface area (TPSA) is 53.4 Å². The molecule has 178 valence electrons. The molecule has 4 heteroatoms. The summed E-state index contributed by atoms with van der Waals surface area (Å²) in [6, 6.07) is 38.4. The molecule has 0 fully saturated rings. The fourth-order valence-electron chi connectivity index (χ4n) is 4.80. The van der Waals surface area contributed by atoms with Gasteiger partial charge in [0.2, 0.25) is 0 Å². The lowest BCUT2D eigenvalue weighted by atomic mass is 9.91. The molecular formula is C32H28N2O2. The van der Waals surface area contributed by atoms with Crippen LogP contribution in [0.1, 0.15) is 28.3 Å². The lowest BCUT2D eigenvalue weighted by molar-refractivity contribution is -0.138. The Balaban J connectivity index is 1.76. The summed E-state index contributed by atoms with van der Waals surface area (Å²) in [5.74, 6) is -0.863. The smallest absolute Gasteiger partial charge is 0.317 e. The summed E-state index contributed by atoms with van der Waals surface area (Å²) >= 11 is 0. The van der Waals surface area contributed by atoms with E-state index < -0.39 is 5.97 Å². The average Bonchev–Trinajstić information content (AvgIpc) is 2.90. The van der Waals surface area contributed by atoms with Crippen LogP contribution in [0.2, 0.25) is 0 Å². The quantitative estimate of drug-likeness (QED) is 0.267. The number of aromatic nitrogens is 1. The highest BCUT2D eigenvalue weighted by Crippen LogP contribution is 2.37. The minimum atomic E-state index is -0.863. The lowest BCUT2D eigenvalue weighted by Crippen LogP contribution is -2.34. The minimum Gasteiger partial charge on any atom is -0.480 e. The maximum absolute atomic E-state index is 12.1. The number of aryl methyl sites for hydroxylation is 1. The monoisotopic (exact) mass is 472 g/mol. The molecule has 0 radical (unpaired) electrons. The van der Waals surface area contributed by atoms with Gasteiger partial charge < -0.3 is 5.11 Å². The first-order valence-electron chi connectivity index (χ1n) is 12.1. The maximum atomic E-state index is 12.1. The zero-order valence-corrected chi connectivity index (χ0v) is 20.2. The van der Waals surface area contributed by atoms with E-state index in [1.54, 1.807) is 0 Å². The Hall–Kier alpha value is -4.28. The second-order valence-corrected chi connectivity index (χ2v) is 9.09. The Morgan fingerprint density at radius 1 is 0.833 bits per heavy atom. The van der Waals surface area contributed by atoms with E-state index >= 15 is 0 Å². The first-order chi connectivity index (χ1) is 17.6. The summed E-state index contributed by atoms with van der Waals surface area (Å²) in [7, 11) is 0. The Labute approximate surface area is 211 Å². The van der Waals surface area contributed by atoms with Crippen molar-refractivity contribution in [2.24, 2.45) is 0 Å². The van der Waals surface area contributed by atoms with Gasteiger partial charge in [-0.1, -0.05) is 103 Å². The number of hydrogen-bond acceptors (Lipinski definition) is 3. The van der Waals surface area contributed by atoms with Crippen LogP contribution < -0.4 is 0 Å². The van der Waals surface area contributed by atoms with Gasteiger partial charge in [-0.2, -0.15) is 0 Å². The number of fused-ring (bicyclic) bond motifs is 1. The van der Waals surface area contributed by atoms with Gasteiger partial charge in [-0.15, -0.1) is 0 Å². The van der Waals surface area contributed by atoms with Gasteiger partial charge in [0.25, 0.3) is 0 Å². The number of hydrogen-bond donors (Lipinski definition) is 1. The molecule has 0 aliphatic carbocycles. The van der Waals surface area contributed by atoms with Crippen LogP contribution in [-0.4, -0.2) is 27.5 Å². The number of rotatable bonds is 8. The predicted octanol–water partition coefficient (Wildman–Crippen LogP) is 6.89. The molecule has 1 aromatic heterocycles. The molecule has 0 amide bonds. The molecule has 0 aliphatic rings. The van der Waals surface area contributed by atoms with Crippen LogP contribution >= 0.6 is 0 Å². The van der Waals surface area contributed by atoms with Crippen LogP contribution in [0.4, 0.5) is 0 Å².